The number of benzene rings is 2. The summed E-state index contributed by atoms with van der Waals surface area (Å²) in [6, 6.07) is 17.4. The Morgan fingerprint density at radius 1 is 1.03 bits per heavy atom. The number of hydrogen-bond donors (Lipinski definition) is 1. The zero-order valence-corrected chi connectivity index (χ0v) is 17.1. The predicted molar refractivity (Wildman–Crippen MR) is 113 cm³/mol. The normalized spacial score (nSPS) is 10.4. The van der Waals surface area contributed by atoms with E-state index >= 15 is 0 Å². The molecule has 2 aromatic carbocycles. The van der Waals surface area contributed by atoms with Crippen LogP contribution in [0, 0.1) is 13.8 Å². The molecule has 0 spiro atoms. The standard InChI is InChI=1S/C24H26N2O3/c1-17-7-9-20(18(2)13-17)10-11-23(27)25-15-19-8-12-24(26-16-19)29-22-6-4-5-21(14-22)28-3/h4-9,12-14,16H,10-11,15H2,1-3H3,(H,25,27). The van der Waals surface area contributed by atoms with Crippen LogP contribution in [-0.2, 0) is 17.8 Å². The number of aryl methyl sites for hydroxylation is 3. The molecule has 1 aromatic heterocycles. The summed E-state index contributed by atoms with van der Waals surface area (Å²) < 4.78 is 10.9. The van der Waals surface area contributed by atoms with Crippen molar-refractivity contribution in [2.75, 3.05) is 7.11 Å². The van der Waals surface area contributed by atoms with Crippen LogP contribution in [0.2, 0.25) is 0 Å². The lowest BCUT2D eigenvalue weighted by atomic mass is 10.0. The number of ether oxygens (including phenoxy) is 2. The largest absolute Gasteiger partial charge is 0.497 e. The molecule has 3 aromatic rings. The second-order valence-electron chi connectivity index (χ2n) is 6.99. The highest BCUT2D eigenvalue weighted by Crippen LogP contribution is 2.23. The summed E-state index contributed by atoms with van der Waals surface area (Å²) in [5.41, 5.74) is 4.60. The third kappa shape index (κ3) is 6.07. The van der Waals surface area contributed by atoms with Crippen molar-refractivity contribution in [3.8, 4) is 17.4 Å². The minimum absolute atomic E-state index is 0.0293. The Balaban J connectivity index is 1.47. The van der Waals surface area contributed by atoms with Gasteiger partial charge >= 0.3 is 0 Å². The van der Waals surface area contributed by atoms with Crippen LogP contribution in [0.1, 0.15) is 28.7 Å². The van der Waals surface area contributed by atoms with Crippen molar-refractivity contribution in [3.63, 3.8) is 0 Å². The van der Waals surface area contributed by atoms with E-state index < -0.39 is 0 Å². The number of nitrogens with zero attached hydrogens (tertiary/aromatic N) is 1. The summed E-state index contributed by atoms with van der Waals surface area (Å²) >= 11 is 0. The van der Waals surface area contributed by atoms with E-state index in [-0.39, 0.29) is 5.91 Å². The fourth-order valence-corrected chi connectivity index (χ4v) is 3.02. The first-order valence-corrected chi connectivity index (χ1v) is 9.63. The van der Waals surface area contributed by atoms with Gasteiger partial charge in [-0.25, -0.2) is 4.98 Å². The van der Waals surface area contributed by atoms with Crippen molar-refractivity contribution >= 4 is 5.91 Å². The Labute approximate surface area is 171 Å². The number of carbonyl (C=O) groups excluding carboxylic acids is 1. The van der Waals surface area contributed by atoms with Gasteiger partial charge in [-0.05, 0) is 49.1 Å². The molecule has 0 radical (unpaired) electrons. The Bertz CT molecular complexity index is 968. The van der Waals surface area contributed by atoms with Crippen molar-refractivity contribution < 1.29 is 14.3 Å². The first-order valence-electron chi connectivity index (χ1n) is 9.63. The molecule has 3 rings (SSSR count). The maximum atomic E-state index is 12.2. The third-order valence-electron chi connectivity index (χ3n) is 4.67. The van der Waals surface area contributed by atoms with Crippen LogP contribution in [-0.4, -0.2) is 18.0 Å². The number of pyridine rings is 1. The van der Waals surface area contributed by atoms with Gasteiger partial charge < -0.3 is 14.8 Å². The molecule has 0 saturated heterocycles. The molecule has 5 nitrogen and oxygen atoms in total. The second-order valence-corrected chi connectivity index (χ2v) is 6.99. The van der Waals surface area contributed by atoms with Gasteiger partial charge in [0, 0.05) is 31.3 Å². The number of hydrogen-bond acceptors (Lipinski definition) is 4. The molecule has 0 aliphatic heterocycles. The van der Waals surface area contributed by atoms with Crippen molar-refractivity contribution in [2.45, 2.75) is 33.2 Å². The summed E-state index contributed by atoms with van der Waals surface area (Å²) in [6.45, 7) is 4.60. The van der Waals surface area contributed by atoms with Gasteiger partial charge in [-0.1, -0.05) is 35.9 Å². The van der Waals surface area contributed by atoms with Crippen molar-refractivity contribution in [1.82, 2.24) is 10.3 Å². The van der Waals surface area contributed by atoms with E-state index in [4.69, 9.17) is 9.47 Å². The monoisotopic (exact) mass is 390 g/mol. The molecule has 0 aliphatic carbocycles. The molecule has 0 fully saturated rings. The Morgan fingerprint density at radius 3 is 2.59 bits per heavy atom. The van der Waals surface area contributed by atoms with Crippen molar-refractivity contribution in [3.05, 3.63) is 83.0 Å². The molecule has 150 valence electrons. The summed E-state index contributed by atoms with van der Waals surface area (Å²) in [5, 5.41) is 2.95. The lowest BCUT2D eigenvalue weighted by Crippen LogP contribution is -2.23. The molecule has 1 N–H and O–H groups in total. The Morgan fingerprint density at radius 2 is 1.86 bits per heavy atom. The van der Waals surface area contributed by atoms with E-state index in [2.05, 4.69) is 42.3 Å². The third-order valence-corrected chi connectivity index (χ3v) is 4.67. The molecule has 0 aliphatic rings. The fraction of sp³-hybridized carbons (Fsp3) is 0.250. The summed E-state index contributed by atoms with van der Waals surface area (Å²) in [4.78, 5) is 16.5. The summed E-state index contributed by atoms with van der Waals surface area (Å²) in [7, 11) is 1.61. The van der Waals surface area contributed by atoms with Gasteiger partial charge in [-0.15, -0.1) is 0 Å². The van der Waals surface area contributed by atoms with Gasteiger partial charge in [-0.3, -0.25) is 4.79 Å². The zero-order chi connectivity index (χ0) is 20.6. The van der Waals surface area contributed by atoms with Crippen LogP contribution in [0.15, 0.2) is 60.8 Å². The summed E-state index contributed by atoms with van der Waals surface area (Å²) in [6.07, 6.45) is 2.91. The zero-order valence-electron chi connectivity index (χ0n) is 17.1. The van der Waals surface area contributed by atoms with Crippen molar-refractivity contribution in [2.24, 2.45) is 0 Å². The Kier molecular flexibility index (Phi) is 6.85. The minimum Gasteiger partial charge on any atom is -0.497 e. The van der Waals surface area contributed by atoms with E-state index in [9.17, 15) is 4.79 Å². The number of nitrogens with one attached hydrogen (secondary N) is 1. The van der Waals surface area contributed by atoms with E-state index in [0.29, 0.717) is 24.6 Å². The maximum absolute atomic E-state index is 12.2. The topological polar surface area (TPSA) is 60.5 Å². The van der Waals surface area contributed by atoms with E-state index in [1.165, 1.54) is 16.7 Å². The van der Waals surface area contributed by atoms with Gasteiger partial charge in [0.2, 0.25) is 11.8 Å². The number of rotatable bonds is 8. The molecule has 0 bridgehead atoms. The molecule has 1 heterocycles. The first-order chi connectivity index (χ1) is 14.0. The van der Waals surface area contributed by atoms with E-state index in [1.54, 1.807) is 25.4 Å². The second kappa shape index (κ2) is 9.73. The number of aromatic nitrogens is 1. The minimum atomic E-state index is 0.0293. The molecular weight excluding hydrogens is 364 g/mol. The number of amides is 1. The van der Waals surface area contributed by atoms with Gasteiger partial charge in [0.25, 0.3) is 0 Å². The smallest absolute Gasteiger partial charge is 0.220 e. The average Bonchev–Trinajstić information content (AvgIpc) is 2.73. The van der Waals surface area contributed by atoms with Gasteiger partial charge in [0.05, 0.1) is 7.11 Å². The highest BCUT2D eigenvalue weighted by atomic mass is 16.5. The van der Waals surface area contributed by atoms with Crippen LogP contribution in [0.3, 0.4) is 0 Å². The van der Waals surface area contributed by atoms with Crippen LogP contribution < -0.4 is 14.8 Å². The fourth-order valence-electron chi connectivity index (χ4n) is 3.02. The number of carbonyl (C=O) groups is 1. The SMILES string of the molecule is COc1cccc(Oc2ccc(CNC(=O)CCc3ccc(C)cc3C)cn2)c1. The molecule has 5 heteroatoms. The lowest BCUT2D eigenvalue weighted by molar-refractivity contribution is -0.121. The average molecular weight is 390 g/mol. The summed E-state index contributed by atoms with van der Waals surface area (Å²) in [5.74, 6) is 1.90. The maximum Gasteiger partial charge on any atom is 0.220 e. The predicted octanol–water partition coefficient (Wildman–Crippen LogP) is 4.75. The number of methoxy groups -OCH3 is 1. The molecule has 0 unspecified atom stereocenters. The van der Waals surface area contributed by atoms with Gasteiger partial charge in [0.15, 0.2) is 0 Å². The van der Waals surface area contributed by atoms with E-state index in [1.807, 2.05) is 24.3 Å². The molecular formula is C24H26N2O3. The molecule has 1 amide bonds. The van der Waals surface area contributed by atoms with Crippen molar-refractivity contribution in [1.29, 1.82) is 0 Å². The lowest BCUT2D eigenvalue weighted by Gasteiger charge is -2.09. The molecule has 0 saturated carbocycles. The van der Waals surface area contributed by atoms with Gasteiger partial charge in [-0.2, -0.15) is 0 Å². The Hall–Kier alpha value is -3.34. The van der Waals surface area contributed by atoms with Crippen LogP contribution >= 0.6 is 0 Å². The van der Waals surface area contributed by atoms with E-state index in [0.717, 1.165) is 17.7 Å². The highest BCUT2D eigenvalue weighted by Gasteiger charge is 2.06. The molecule has 29 heavy (non-hydrogen) atoms. The quantitative estimate of drug-likeness (QED) is 0.603. The van der Waals surface area contributed by atoms with Crippen LogP contribution in [0.4, 0.5) is 0 Å². The van der Waals surface area contributed by atoms with Crippen LogP contribution in [0.25, 0.3) is 0 Å². The van der Waals surface area contributed by atoms with Crippen LogP contribution in [0.5, 0.6) is 17.4 Å². The first kappa shape index (κ1) is 20.4. The highest BCUT2D eigenvalue weighted by molar-refractivity contribution is 5.76. The molecule has 0 atom stereocenters. The van der Waals surface area contributed by atoms with Gasteiger partial charge in [0.1, 0.15) is 11.5 Å².